The van der Waals surface area contributed by atoms with Crippen LogP contribution in [-0.4, -0.2) is 29.8 Å². The number of hydrogen-bond donors (Lipinski definition) is 1. The Bertz CT molecular complexity index is 407. The Morgan fingerprint density at radius 3 is 2.94 bits per heavy atom. The van der Waals surface area contributed by atoms with Crippen molar-refractivity contribution in [1.29, 1.82) is 0 Å². The van der Waals surface area contributed by atoms with Crippen molar-refractivity contribution in [2.75, 3.05) is 20.3 Å². The minimum absolute atomic E-state index is 0.628. The van der Waals surface area contributed by atoms with Crippen molar-refractivity contribution in [1.82, 2.24) is 14.9 Å². The molecule has 2 aliphatic rings. The first-order valence-corrected chi connectivity index (χ1v) is 7.20. The van der Waals surface area contributed by atoms with Crippen LogP contribution >= 0.6 is 0 Å². The Morgan fingerprint density at radius 1 is 1.33 bits per heavy atom. The molecule has 100 valence electrons. The lowest BCUT2D eigenvalue weighted by Gasteiger charge is -2.23. The number of imidazole rings is 1. The molecular formula is C14H23N3O. The molecule has 1 N–H and O–H groups in total. The van der Waals surface area contributed by atoms with E-state index >= 15 is 0 Å². The summed E-state index contributed by atoms with van der Waals surface area (Å²) in [7, 11) is 2.00. The summed E-state index contributed by atoms with van der Waals surface area (Å²) in [4.78, 5) is 4.95. The predicted molar refractivity (Wildman–Crippen MR) is 70.7 cm³/mol. The number of ether oxygens (including phenoxy) is 1. The van der Waals surface area contributed by atoms with Crippen LogP contribution in [0, 0.1) is 0 Å². The van der Waals surface area contributed by atoms with Crippen molar-refractivity contribution in [3.8, 4) is 0 Å². The number of hydrogen-bond acceptors (Lipinski definition) is 3. The average molecular weight is 249 g/mol. The molecular weight excluding hydrogens is 226 g/mol. The highest BCUT2D eigenvalue weighted by Gasteiger charge is 2.26. The van der Waals surface area contributed by atoms with Crippen LogP contribution < -0.4 is 5.32 Å². The molecule has 1 aromatic heterocycles. The highest BCUT2D eigenvalue weighted by Crippen LogP contribution is 2.32. The van der Waals surface area contributed by atoms with Crippen LogP contribution in [0.2, 0.25) is 0 Å². The molecule has 0 unspecified atom stereocenters. The molecule has 0 amide bonds. The molecule has 3 heterocycles. The summed E-state index contributed by atoms with van der Waals surface area (Å²) >= 11 is 0. The van der Waals surface area contributed by atoms with Gasteiger partial charge in [0.05, 0.1) is 12.2 Å². The first-order chi connectivity index (χ1) is 8.90. The number of rotatable bonds is 3. The van der Waals surface area contributed by atoms with Crippen LogP contribution in [0.1, 0.15) is 48.8 Å². The van der Waals surface area contributed by atoms with E-state index in [4.69, 9.17) is 9.72 Å². The Balaban J connectivity index is 1.92. The fourth-order valence-electron chi connectivity index (χ4n) is 3.24. The van der Waals surface area contributed by atoms with Gasteiger partial charge < -0.3 is 14.6 Å². The van der Waals surface area contributed by atoms with Crippen molar-refractivity contribution < 1.29 is 4.74 Å². The van der Waals surface area contributed by atoms with Crippen molar-refractivity contribution in [2.45, 2.75) is 51.1 Å². The molecule has 0 saturated carbocycles. The normalized spacial score (nSPS) is 20.9. The van der Waals surface area contributed by atoms with Gasteiger partial charge in [-0.25, -0.2) is 4.98 Å². The molecule has 1 fully saturated rings. The predicted octanol–water partition coefficient (Wildman–Crippen LogP) is 1.83. The smallest absolute Gasteiger partial charge is 0.123 e. The number of aromatic nitrogens is 2. The van der Waals surface area contributed by atoms with E-state index in [-0.39, 0.29) is 0 Å². The van der Waals surface area contributed by atoms with Crippen LogP contribution in [0.15, 0.2) is 0 Å². The second-order valence-electron chi connectivity index (χ2n) is 5.39. The molecule has 4 nitrogen and oxygen atoms in total. The molecule has 0 radical (unpaired) electrons. The van der Waals surface area contributed by atoms with Gasteiger partial charge >= 0.3 is 0 Å². The Hall–Kier alpha value is -0.870. The number of nitrogens with zero attached hydrogens (tertiary/aromatic N) is 2. The Labute approximate surface area is 109 Å². The largest absolute Gasteiger partial charge is 0.381 e. The molecule has 0 aromatic carbocycles. The molecule has 0 aliphatic carbocycles. The zero-order valence-electron chi connectivity index (χ0n) is 11.2. The van der Waals surface area contributed by atoms with Gasteiger partial charge in [0.1, 0.15) is 5.82 Å². The van der Waals surface area contributed by atoms with E-state index in [0.29, 0.717) is 5.92 Å². The summed E-state index contributed by atoms with van der Waals surface area (Å²) in [5, 5.41) is 3.24. The summed E-state index contributed by atoms with van der Waals surface area (Å²) < 4.78 is 7.94. The third-order valence-electron chi connectivity index (χ3n) is 4.17. The second-order valence-corrected chi connectivity index (χ2v) is 5.39. The van der Waals surface area contributed by atoms with E-state index in [2.05, 4.69) is 9.88 Å². The Morgan fingerprint density at radius 2 is 2.17 bits per heavy atom. The van der Waals surface area contributed by atoms with Gasteiger partial charge in [0, 0.05) is 31.4 Å². The number of fused-ring (bicyclic) bond motifs is 1. The third kappa shape index (κ3) is 2.19. The molecule has 4 heteroatoms. The lowest BCUT2D eigenvalue weighted by atomic mass is 9.93. The summed E-state index contributed by atoms with van der Waals surface area (Å²) in [6.45, 7) is 3.84. The molecule has 0 atom stereocenters. The highest BCUT2D eigenvalue weighted by molar-refractivity contribution is 5.23. The molecule has 0 spiro atoms. The zero-order chi connectivity index (χ0) is 12.4. The van der Waals surface area contributed by atoms with E-state index in [9.17, 15) is 0 Å². The van der Waals surface area contributed by atoms with Crippen LogP contribution in [0.25, 0.3) is 0 Å². The first kappa shape index (κ1) is 12.2. The van der Waals surface area contributed by atoms with Gasteiger partial charge in [-0.15, -0.1) is 0 Å². The molecule has 3 rings (SSSR count). The highest BCUT2D eigenvalue weighted by atomic mass is 16.5. The minimum atomic E-state index is 0.628. The van der Waals surface area contributed by atoms with E-state index in [0.717, 1.165) is 39.1 Å². The van der Waals surface area contributed by atoms with Crippen molar-refractivity contribution in [3.63, 3.8) is 0 Å². The molecule has 0 bridgehead atoms. The number of nitrogens with one attached hydrogen (secondary N) is 1. The van der Waals surface area contributed by atoms with Gasteiger partial charge in [-0.3, -0.25) is 0 Å². The standard InChI is InChI=1S/C14H23N3O/c1-15-10-13-16-14(11-5-8-18-9-6-11)12-4-2-3-7-17(12)13/h11,15H,2-10H2,1H3. The molecule has 2 aliphatic heterocycles. The molecule has 1 aromatic rings. The summed E-state index contributed by atoms with van der Waals surface area (Å²) in [6, 6.07) is 0. The minimum Gasteiger partial charge on any atom is -0.381 e. The van der Waals surface area contributed by atoms with Crippen molar-refractivity contribution in [3.05, 3.63) is 17.2 Å². The van der Waals surface area contributed by atoms with E-state index in [1.165, 1.54) is 36.5 Å². The van der Waals surface area contributed by atoms with Crippen LogP contribution in [-0.2, 0) is 24.2 Å². The van der Waals surface area contributed by atoms with Crippen molar-refractivity contribution >= 4 is 0 Å². The van der Waals surface area contributed by atoms with Gasteiger partial charge in [0.2, 0.25) is 0 Å². The van der Waals surface area contributed by atoms with Gasteiger partial charge in [-0.05, 0) is 39.2 Å². The monoisotopic (exact) mass is 249 g/mol. The fraction of sp³-hybridized carbons (Fsp3) is 0.786. The first-order valence-electron chi connectivity index (χ1n) is 7.20. The molecule has 1 saturated heterocycles. The molecule has 18 heavy (non-hydrogen) atoms. The Kier molecular flexibility index (Phi) is 3.66. The zero-order valence-corrected chi connectivity index (χ0v) is 11.2. The lowest BCUT2D eigenvalue weighted by molar-refractivity contribution is 0.0843. The topological polar surface area (TPSA) is 39.1 Å². The van der Waals surface area contributed by atoms with Crippen LogP contribution in [0.3, 0.4) is 0 Å². The quantitative estimate of drug-likeness (QED) is 0.888. The van der Waals surface area contributed by atoms with E-state index < -0.39 is 0 Å². The van der Waals surface area contributed by atoms with Gasteiger partial charge in [-0.1, -0.05) is 0 Å². The summed E-state index contributed by atoms with van der Waals surface area (Å²) in [5.74, 6) is 1.86. The van der Waals surface area contributed by atoms with Gasteiger partial charge in [0.15, 0.2) is 0 Å². The maximum Gasteiger partial charge on any atom is 0.123 e. The van der Waals surface area contributed by atoms with Gasteiger partial charge in [-0.2, -0.15) is 0 Å². The van der Waals surface area contributed by atoms with E-state index in [1.807, 2.05) is 7.05 Å². The fourth-order valence-corrected chi connectivity index (χ4v) is 3.24. The SMILES string of the molecule is CNCc1nc(C2CCOCC2)c2n1CCCC2. The summed E-state index contributed by atoms with van der Waals surface area (Å²) in [6.07, 6.45) is 6.11. The van der Waals surface area contributed by atoms with Crippen LogP contribution in [0.5, 0.6) is 0 Å². The second kappa shape index (κ2) is 5.41. The lowest BCUT2D eigenvalue weighted by Crippen LogP contribution is -2.18. The van der Waals surface area contributed by atoms with Crippen LogP contribution in [0.4, 0.5) is 0 Å². The van der Waals surface area contributed by atoms with Gasteiger partial charge in [0.25, 0.3) is 0 Å². The average Bonchev–Trinajstić information content (AvgIpc) is 2.80. The summed E-state index contributed by atoms with van der Waals surface area (Å²) in [5.41, 5.74) is 2.89. The third-order valence-corrected chi connectivity index (χ3v) is 4.17. The maximum absolute atomic E-state index is 5.47. The maximum atomic E-state index is 5.47. The van der Waals surface area contributed by atoms with Crippen molar-refractivity contribution in [2.24, 2.45) is 0 Å². The van der Waals surface area contributed by atoms with E-state index in [1.54, 1.807) is 0 Å².